The third-order valence-electron chi connectivity index (χ3n) is 4.32. The van der Waals surface area contributed by atoms with E-state index in [2.05, 4.69) is 5.32 Å². The van der Waals surface area contributed by atoms with Crippen LogP contribution < -0.4 is 5.32 Å². The quantitative estimate of drug-likeness (QED) is 0.861. The highest BCUT2D eigenvalue weighted by Crippen LogP contribution is 2.30. The Kier molecular flexibility index (Phi) is 5.85. The highest BCUT2D eigenvalue weighted by atomic mass is 19.4. The van der Waals surface area contributed by atoms with E-state index in [0.717, 1.165) is 44.2 Å². The third kappa shape index (κ3) is 4.97. The normalized spacial score (nSPS) is 17.3. The molecule has 0 heterocycles. The summed E-state index contributed by atoms with van der Waals surface area (Å²) in [7, 11) is 0. The standard InChI is InChI=1S/C17H20F3NO3/c18-17(19,20)13-8-4-5-11(9-13)10-14(22)21-15(16(23)24)12-6-2-1-3-7-12/h4-5,8-9,12,15H,1-3,6-7,10H2,(H,21,22)(H,23,24)/t15-/m0/s1. The van der Waals surface area contributed by atoms with Gasteiger partial charge in [-0.25, -0.2) is 4.79 Å². The van der Waals surface area contributed by atoms with Gasteiger partial charge in [0.25, 0.3) is 0 Å². The highest BCUT2D eigenvalue weighted by molar-refractivity contribution is 5.85. The molecule has 2 rings (SSSR count). The predicted octanol–water partition coefficient (Wildman–Crippen LogP) is 3.40. The number of carboxylic acid groups (broad SMARTS) is 1. The van der Waals surface area contributed by atoms with E-state index in [4.69, 9.17) is 0 Å². The molecular formula is C17H20F3NO3. The molecule has 1 atom stereocenters. The Labute approximate surface area is 138 Å². The molecule has 0 aliphatic heterocycles. The minimum Gasteiger partial charge on any atom is -0.480 e. The lowest BCUT2D eigenvalue weighted by Gasteiger charge is -2.28. The van der Waals surface area contributed by atoms with Crippen LogP contribution in [0.1, 0.15) is 43.2 Å². The van der Waals surface area contributed by atoms with Gasteiger partial charge in [-0.05, 0) is 30.4 Å². The average Bonchev–Trinajstić information content (AvgIpc) is 2.52. The molecule has 1 fully saturated rings. The minimum atomic E-state index is -4.47. The van der Waals surface area contributed by atoms with Crippen molar-refractivity contribution in [1.82, 2.24) is 5.32 Å². The molecule has 0 spiro atoms. The van der Waals surface area contributed by atoms with Crippen LogP contribution in [0.3, 0.4) is 0 Å². The number of carbonyl (C=O) groups excluding carboxylic acids is 1. The van der Waals surface area contributed by atoms with Gasteiger partial charge < -0.3 is 10.4 Å². The minimum absolute atomic E-state index is 0.123. The first kappa shape index (κ1) is 18.3. The molecule has 0 radical (unpaired) electrons. The number of amides is 1. The van der Waals surface area contributed by atoms with Crippen LogP contribution in [0.2, 0.25) is 0 Å². The van der Waals surface area contributed by atoms with Gasteiger partial charge in [0.05, 0.1) is 12.0 Å². The molecule has 7 heteroatoms. The van der Waals surface area contributed by atoms with E-state index in [1.807, 2.05) is 0 Å². The topological polar surface area (TPSA) is 66.4 Å². The Morgan fingerprint density at radius 2 is 1.88 bits per heavy atom. The molecule has 1 amide bonds. The molecule has 1 aliphatic rings. The van der Waals surface area contributed by atoms with Crippen molar-refractivity contribution >= 4 is 11.9 Å². The average molecular weight is 343 g/mol. The van der Waals surface area contributed by atoms with E-state index in [0.29, 0.717) is 0 Å². The van der Waals surface area contributed by atoms with Gasteiger partial charge in [-0.3, -0.25) is 4.79 Å². The number of aliphatic carboxylic acids is 1. The molecular weight excluding hydrogens is 323 g/mol. The summed E-state index contributed by atoms with van der Waals surface area (Å²) < 4.78 is 38.1. The van der Waals surface area contributed by atoms with E-state index in [-0.39, 0.29) is 17.9 Å². The summed E-state index contributed by atoms with van der Waals surface area (Å²) in [6.45, 7) is 0. The van der Waals surface area contributed by atoms with E-state index in [1.165, 1.54) is 12.1 Å². The number of carboxylic acids is 1. The number of rotatable bonds is 5. The van der Waals surface area contributed by atoms with Crippen LogP contribution in [-0.2, 0) is 22.2 Å². The molecule has 1 aliphatic carbocycles. The predicted molar refractivity (Wildman–Crippen MR) is 81.3 cm³/mol. The maximum absolute atomic E-state index is 12.7. The molecule has 1 aromatic rings. The molecule has 132 valence electrons. The maximum Gasteiger partial charge on any atom is 0.416 e. The van der Waals surface area contributed by atoms with Gasteiger partial charge in [0.2, 0.25) is 5.91 Å². The Morgan fingerprint density at radius 3 is 2.46 bits per heavy atom. The zero-order chi connectivity index (χ0) is 17.7. The number of halogens is 3. The fourth-order valence-electron chi connectivity index (χ4n) is 3.12. The second-order valence-corrected chi connectivity index (χ2v) is 6.16. The van der Waals surface area contributed by atoms with Crippen LogP contribution in [0.4, 0.5) is 13.2 Å². The third-order valence-corrected chi connectivity index (χ3v) is 4.32. The number of nitrogens with one attached hydrogen (secondary N) is 1. The molecule has 4 nitrogen and oxygen atoms in total. The van der Waals surface area contributed by atoms with Crippen LogP contribution >= 0.6 is 0 Å². The monoisotopic (exact) mass is 343 g/mol. The van der Waals surface area contributed by atoms with Gasteiger partial charge in [0.15, 0.2) is 0 Å². The van der Waals surface area contributed by atoms with Crippen molar-refractivity contribution in [2.24, 2.45) is 5.92 Å². The highest BCUT2D eigenvalue weighted by Gasteiger charge is 2.32. The summed E-state index contributed by atoms with van der Waals surface area (Å²) >= 11 is 0. The molecule has 24 heavy (non-hydrogen) atoms. The van der Waals surface area contributed by atoms with Gasteiger partial charge in [0.1, 0.15) is 6.04 Å². The van der Waals surface area contributed by atoms with Crippen LogP contribution in [0.5, 0.6) is 0 Å². The summed E-state index contributed by atoms with van der Waals surface area (Å²) in [5, 5.41) is 11.8. The first-order chi connectivity index (χ1) is 11.3. The second kappa shape index (κ2) is 7.68. The Balaban J connectivity index is 2.02. The van der Waals surface area contributed by atoms with Crippen LogP contribution in [0, 0.1) is 5.92 Å². The van der Waals surface area contributed by atoms with Crippen molar-refractivity contribution in [1.29, 1.82) is 0 Å². The van der Waals surface area contributed by atoms with Gasteiger partial charge in [-0.15, -0.1) is 0 Å². The number of benzene rings is 1. The van der Waals surface area contributed by atoms with Crippen LogP contribution in [0.15, 0.2) is 24.3 Å². The van der Waals surface area contributed by atoms with Crippen molar-refractivity contribution in [3.8, 4) is 0 Å². The van der Waals surface area contributed by atoms with Crippen molar-refractivity contribution in [2.75, 3.05) is 0 Å². The molecule has 0 aromatic heterocycles. The lowest BCUT2D eigenvalue weighted by Crippen LogP contribution is -2.47. The lowest BCUT2D eigenvalue weighted by molar-refractivity contribution is -0.143. The Hall–Kier alpha value is -2.05. The van der Waals surface area contributed by atoms with Gasteiger partial charge in [-0.2, -0.15) is 13.2 Å². The number of alkyl halides is 3. The van der Waals surface area contributed by atoms with E-state index >= 15 is 0 Å². The van der Waals surface area contributed by atoms with Crippen molar-refractivity contribution in [2.45, 2.75) is 50.7 Å². The van der Waals surface area contributed by atoms with Crippen molar-refractivity contribution in [3.63, 3.8) is 0 Å². The second-order valence-electron chi connectivity index (χ2n) is 6.16. The number of carbonyl (C=O) groups is 2. The number of hydrogen-bond acceptors (Lipinski definition) is 2. The van der Waals surface area contributed by atoms with E-state index < -0.39 is 29.7 Å². The smallest absolute Gasteiger partial charge is 0.416 e. The zero-order valence-electron chi connectivity index (χ0n) is 13.1. The maximum atomic E-state index is 12.7. The van der Waals surface area contributed by atoms with E-state index in [9.17, 15) is 27.9 Å². The van der Waals surface area contributed by atoms with Crippen molar-refractivity contribution < 1.29 is 27.9 Å². The first-order valence-electron chi connectivity index (χ1n) is 7.95. The molecule has 1 saturated carbocycles. The molecule has 1 aromatic carbocycles. The molecule has 0 saturated heterocycles. The fraction of sp³-hybridized carbons (Fsp3) is 0.529. The summed E-state index contributed by atoms with van der Waals surface area (Å²) in [5.41, 5.74) is -0.620. The van der Waals surface area contributed by atoms with Crippen LogP contribution in [0.25, 0.3) is 0 Å². The summed E-state index contributed by atoms with van der Waals surface area (Å²) in [6, 6.07) is 3.52. The summed E-state index contributed by atoms with van der Waals surface area (Å²) in [5.74, 6) is -1.80. The Bertz CT molecular complexity index is 595. The molecule has 0 unspecified atom stereocenters. The molecule has 0 bridgehead atoms. The zero-order valence-corrected chi connectivity index (χ0v) is 13.1. The Morgan fingerprint density at radius 1 is 1.21 bits per heavy atom. The van der Waals surface area contributed by atoms with Crippen molar-refractivity contribution in [3.05, 3.63) is 35.4 Å². The van der Waals surface area contributed by atoms with Crippen LogP contribution in [-0.4, -0.2) is 23.0 Å². The first-order valence-corrected chi connectivity index (χ1v) is 7.95. The van der Waals surface area contributed by atoms with Gasteiger partial charge >= 0.3 is 12.1 Å². The van der Waals surface area contributed by atoms with E-state index in [1.54, 1.807) is 0 Å². The van der Waals surface area contributed by atoms with Gasteiger partial charge in [-0.1, -0.05) is 37.5 Å². The summed E-state index contributed by atoms with van der Waals surface area (Å²) in [4.78, 5) is 23.5. The summed E-state index contributed by atoms with van der Waals surface area (Å²) in [6.07, 6.45) is -0.364. The van der Waals surface area contributed by atoms with Gasteiger partial charge in [0, 0.05) is 0 Å². The molecule has 2 N–H and O–H groups in total. The fourth-order valence-corrected chi connectivity index (χ4v) is 3.12. The SMILES string of the molecule is O=C(Cc1cccc(C(F)(F)F)c1)N[C@H](C(=O)O)C1CCCCC1. The lowest BCUT2D eigenvalue weighted by atomic mass is 9.84. The number of hydrogen-bond donors (Lipinski definition) is 2. The largest absolute Gasteiger partial charge is 0.480 e.